The summed E-state index contributed by atoms with van der Waals surface area (Å²) >= 11 is 0. The Morgan fingerprint density at radius 3 is 2.89 bits per heavy atom. The standard InChI is InChI=1S/C12H18FN3O3/c1-14-11-10(7-9(13)8-16-11)12(17)15-3-4-19-6-5-18-2/h7-8H,3-6H2,1-2H3,(H,14,16)(H,15,17). The van der Waals surface area contributed by atoms with E-state index in [1.807, 2.05) is 0 Å². The molecule has 6 nitrogen and oxygen atoms in total. The van der Waals surface area contributed by atoms with Crippen LogP contribution in [0, 0.1) is 5.82 Å². The number of amides is 1. The van der Waals surface area contributed by atoms with Gasteiger partial charge in [-0.05, 0) is 6.07 Å². The van der Waals surface area contributed by atoms with Crippen LogP contribution in [0.3, 0.4) is 0 Å². The molecular weight excluding hydrogens is 253 g/mol. The van der Waals surface area contributed by atoms with Crippen molar-refractivity contribution in [2.24, 2.45) is 0 Å². The highest BCUT2D eigenvalue weighted by atomic mass is 19.1. The minimum Gasteiger partial charge on any atom is -0.382 e. The molecule has 0 atom stereocenters. The summed E-state index contributed by atoms with van der Waals surface area (Å²) in [6, 6.07) is 1.14. The Balaban J connectivity index is 2.43. The van der Waals surface area contributed by atoms with Crippen molar-refractivity contribution in [1.82, 2.24) is 10.3 Å². The molecule has 19 heavy (non-hydrogen) atoms. The highest BCUT2D eigenvalue weighted by molar-refractivity contribution is 5.98. The van der Waals surface area contributed by atoms with E-state index in [9.17, 15) is 9.18 Å². The fourth-order valence-electron chi connectivity index (χ4n) is 1.39. The van der Waals surface area contributed by atoms with E-state index in [0.717, 1.165) is 12.3 Å². The van der Waals surface area contributed by atoms with Crippen LogP contribution in [0.15, 0.2) is 12.3 Å². The average molecular weight is 271 g/mol. The summed E-state index contributed by atoms with van der Waals surface area (Å²) in [6.45, 7) is 1.68. The molecule has 106 valence electrons. The van der Waals surface area contributed by atoms with Gasteiger partial charge in [-0.1, -0.05) is 0 Å². The Bertz CT molecular complexity index is 415. The van der Waals surface area contributed by atoms with Gasteiger partial charge in [0.15, 0.2) is 0 Å². The highest BCUT2D eigenvalue weighted by Gasteiger charge is 2.12. The van der Waals surface area contributed by atoms with Gasteiger partial charge in [0.05, 0.1) is 31.6 Å². The number of hydrogen-bond donors (Lipinski definition) is 2. The molecular formula is C12H18FN3O3. The quantitative estimate of drug-likeness (QED) is 0.679. The summed E-state index contributed by atoms with van der Waals surface area (Å²) in [5.41, 5.74) is 0.166. The van der Waals surface area contributed by atoms with Gasteiger partial charge < -0.3 is 20.1 Å². The number of carbonyl (C=O) groups excluding carboxylic acids is 1. The van der Waals surface area contributed by atoms with Gasteiger partial charge in [-0.25, -0.2) is 9.37 Å². The van der Waals surface area contributed by atoms with Gasteiger partial charge in [0.25, 0.3) is 5.91 Å². The molecule has 0 aromatic carbocycles. The molecule has 0 saturated heterocycles. The summed E-state index contributed by atoms with van der Waals surface area (Å²) in [7, 11) is 3.20. The number of halogens is 1. The predicted molar refractivity (Wildman–Crippen MR) is 68.8 cm³/mol. The van der Waals surface area contributed by atoms with Crippen molar-refractivity contribution in [3.05, 3.63) is 23.6 Å². The smallest absolute Gasteiger partial charge is 0.255 e. The number of aromatic nitrogens is 1. The number of ether oxygens (including phenoxy) is 2. The van der Waals surface area contributed by atoms with Crippen LogP contribution in [0.2, 0.25) is 0 Å². The van der Waals surface area contributed by atoms with Crippen LogP contribution in [0.25, 0.3) is 0 Å². The number of pyridine rings is 1. The van der Waals surface area contributed by atoms with Crippen LogP contribution in [-0.4, -0.2) is 51.4 Å². The predicted octanol–water partition coefficient (Wildman–Crippen LogP) is 0.655. The van der Waals surface area contributed by atoms with Crippen molar-refractivity contribution in [1.29, 1.82) is 0 Å². The Labute approximate surface area is 111 Å². The van der Waals surface area contributed by atoms with Crippen LogP contribution >= 0.6 is 0 Å². The van der Waals surface area contributed by atoms with E-state index in [1.165, 1.54) is 0 Å². The fraction of sp³-hybridized carbons (Fsp3) is 0.500. The van der Waals surface area contributed by atoms with E-state index in [-0.39, 0.29) is 5.56 Å². The molecule has 0 aliphatic heterocycles. The molecule has 0 fully saturated rings. The Morgan fingerprint density at radius 1 is 1.42 bits per heavy atom. The van der Waals surface area contributed by atoms with Gasteiger partial charge in [-0.3, -0.25) is 4.79 Å². The molecule has 1 aromatic heterocycles. The number of nitrogens with one attached hydrogen (secondary N) is 2. The van der Waals surface area contributed by atoms with Gasteiger partial charge in [0.1, 0.15) is 11.6 Å². The normalized spacial score (nSPS) is 10.3. The van der Waals surface area contributed by atoms with Crippen LogP contribution < -0.4 is 10.6 Å². The molecule has 0 radical (unpaired) electrons. The van der Waals surface area contributed by atoms with Crippen LogP contribution in [-0.2, 0) is 9.47 Å². The topological polar surface area (TPSA) is 72.5 Å². The molecule has 1 aromatic rings. The first-order valence-corrected chi connectivity index (χ1v) is 5.87. The van der Waals surface area contributed by atoms with Crippen molar-refractivity contribution >= 4 is 11.7 Å². The third-order valence-corrected chi connectivity index (χ3v) is 2.30. The number of anilines is 1. The summed E-state index contributed by atoms with van der Waals surface area (Å²) in [5.74, 6) is -0.619. The molecule has 0 aliphatic rings. The summed E-state index contributed by atoms with van der Waals surface area (Å²) in [6.07, 6.45) is 1.05. The second-order valence-corrected chi connectivity index (χ2v) is 3.66. The lowest BCUT2D eigenvalue weighted by Gasteiger charge is -2.09. The number of rotatable bonds is 8. The van der Waals surface area contributed by atoms with Crippen molar-refractivity contribution in [2.45, 2.75) is 0 Å². The van der Waals surface area contributed by atoms with Crippen LogP contribution in [0.4, 0.5) is 10.2 Å². The Morgan fingerprint density at radius 2 is 2.21 bits per heavy atom. The van der Waals surface area contributed by atoms with Crippen molar-refractivity contribution in [2.75, 3.05) is 45.8 Å². The highest BCUT2D eigenvalue weighted by Crippen LogP contribution is 2.12. The van der Waals surface area contributed by atoms with E-state index in [0.29, 0.717) is 32.2 Å². The SMILES string of the molecule is CNc1ncc(F)cc1C(=O)NCCOCCOC. The zero-order valence-electron chi connectivity index (χ0n) is 11.0. The first kappa shape index (κ1) is 15.3. The van der Waals surface area contributed by atoms with Gasteiger partial charge in [-0.2, -0.15) is 0 Å². The zero-order valence-corrected chi connectivity index (χ0v) is 11.0. The maximum Gasteiger partial charge on any atom is 0.255 e. The van der Waals surface area contributed by atoms with Crippen LogP contribution in [0.1, 0.15) is 10.4 Å². The summed E-state index contributed by atoms with van der Waals surface area (Å²) in [4.78, 5) is 15.6. The largest absolute Gasteiger partial charge is 0.382 e. The van der Waals surface area contributed by atoms with E-state index < -0.39 is 11.7 Å². The molecule has 1 heterocycles. The van der Waals surface area contributed by atoms with Gasteiger partial charge in [0.2, 0.25) is 0 Å². The molecule has 2 N–H and O–H groups in total. The van der Waals surface area contributed by atoms with E-state index >= 15 is 0 Å². The molecule has 0 spiro atoms. The summed E-state index contributed by atoms with van der Waals surface area (Å²) in [5, 5.41) is 5.36. The summed E-state index contributed by atoms with van der Waals surface area (Å²) < 4.78 is 23.1. The zero-order chi connectivity index (χ0) is 14.1. The van der Waals surface area contributed by atoms with Crippen molar-refractivity contribution in [3.8, 4) is 0 Å². The third kappa shape index (κ3) is 5.19. The first-order chi connectivity index (χ1) is 9.19. The maximum atomic E-state index is 13.1. The Kier molecular flexibility index (Phi) is 6.76. The van der Waals surface area contributed by atoms with E-state index in [1.54, 1.807) is 14.2 Å². The minimum absolute atomic E-state index is 0.166. The lowest BCUT2D eigenvalue weighted by atomic mass is 10.2. The van der Waals surface area contributed by atoms with E-state index in [2.05, 4.69) is 15.6 Å². The first-order valence-electron chi connectivity index (χ1n) is 5.87. The lowest BCUT2D eigenvalue weighted by molar-refractivity contribution is 0.0693. The molecule has 1 amide bonds. The fourth-order valence-corrected chi connectivity index (χ4v) is 1.39. The second-order valence-electron chi connectivity index (χ2n) is 3.66. The third-order valence-electron chi connectivity index (χ3n) is 2.30. The Hall–Kier alpha value is -1.73. The number of methoxy groups -OCH3 is 1. The van der Waals surface area contributed by atoms with E-state index in [4.69, 9.17) is 9.47 Å². The molecule has 0 unspecified atom stereocenters. The average Bonchev–Trinajstić information content (AvgIpc) is 2.42. The molecule has 0 saturated carbocycles. The number of hydrogen-bond acceptors (Lipinski definition) is 5. The van der Waals surface area contributed by atoms with Gasteiger partial charge in [0, 0.05) is 20.7 Å². The molecule has 1 rings (SSSR count). The second kappa shape index (κ2) is 8.39. The van der Waals surface area contributed by atoms with Gasteiger partial charge in [-0.15, -0.1) is 0 Å². The van der Waals surface area contributed by atoms with Gasteiger partial charge >= 0.3 is 0 Å². The molecule has 7 heteroatoms. The van der Waals surface area contributed by atoms with Crippen LogP contribution in [0.5, 0.6) is 0 Å². The number of nitrogens with zero attached hydrogens (tertiary/aromatic N) is 1. The number of carbonyl (C=O) groups is 1. The lowest BCUT2D eigenvalue weighted by Crippen LogP contribution is -2.28. The van der Waals surface area contributed by atoms with Crippen molar-refractivity contribution in [3.63, 3.8) is 0 Å². The molecule has 0 aliphatic carbocycles. The molecule has 0 bridgehead atoms. The monoisotopic (exact) mass is 271 g/mol. The maximum absolute atomic E-state index is 13.1. The van der Waals surface area contributed by atoms with Crippen molar-refractivity contribution < 1.29 is 18.7 Å². The minimum atomic E-state index is -0.555.